The second-order valence-corrected chi connectivity index (χ2v) is 5.46. The van der Waals surface area contributed by atoms with Gasteiger partial charge >= 0.3 is 0 Å². The van der Waals surface area contributed by atoms with Gasteiger partial charge in [0.05, 0.1) is 11.3 Å². The summed E-state index contributed by atoms with van der Waals surface area (Å²) in [7, 11) is 3.99. The van der Waals surface area contributed by atoms with Crippen LogP contribution >= 0.6 is 0 Å². The van der Waals surface area contributed by atoms with Crippen molar-refractivity contribution in [2.24, 2.45) is 0 Å². The van der Waals surface area contributed by atoms with Gasteiger partial charge in [-0.1, -0.05) is 6.07 Å². The second kappa shape index (κ2) is 7.28. The van der Waals surface area contributed by atoms with E-state index in [2.05, 4.69) is 40.4 Å². The van der Waals surface area contributed by atoms with Crippen molar-refractivity contribution in [3.63, 3.8) is 0 Å². The number of likely N-dealkylation sites (tertiary alicyclic amines) is 1. The second-order valence-electron chi connectivity index (χ2n) is 5.46. The average molecular weight is 272 g/mol. The zero-order valence-corrected chi connectivity index (χ0v) is 12.5. The van der Waals surface area contributed by atoms with E-state index < -0.39 is 0 Å². The van der Waals surface area contributed by atoms with Gasteiger partial charge in [-0.15, -0.1) is 0 Å². The first-order valence-corrected chi connectivity index (χ1v) is 7.35. The molecule has 0 aliphatic carbocycles. The highest BCUT2D eigenvalue weighted by Crippen LogP contribution is 2.20. The predicted molar refractivity (Wildman–Crippen MR) is 82.9 cm³/mol. The molecule has 0 saturated carbocycles. The number of benzene rings is 1. The molecule has 108 valence electrons. The Morgan fingerprint density at radius 3 is 2.75 bits per heavy atom. The Morgan fingerprint density at radius 2 is 2.10 bits per heavy atom. The van der Waals surface area contributed by atoms with Gasteiger partial charge < -0.3 is 15.1 Å². The molecule has 1 heterocycles. The molecule has 2 rings (SSSR count). The van der Waals surface area contributed by atoms with Crippen LogP contribution in [0, 0.1) is 11.3 Å². The number of nitrogens with zero attached hydrogens (tertiary/aromatic N) is 3. The molecule has 1 fully saturated rings. The van der Waals surface area contributed by atoms with Gasteiger partial charge in [0.1, 0.15) is 6.07 Å². The Hall–Kier alpha value is -1.57. The molecule has 20 heavy (non-hydrogen) atoms. The molecule has 4 heteroatoms. The molecular weight excluding hydrogens is 248 g/mol. The number of nitrogens with one attached hydrogen (secondary N) is 1. The van der Waals surface area contributed by atoms with E-state index >= 15 is 0 Å². The number of likely N-dealkylation sites (N-methyl/N-ethyl adjacent to an activating group) is 1. The van der Waals surface area contributed by atoms with Gasteiger partial charge in [-0.3, -0.25) is 0 Å². The van der Waals surface area contributed by atoms with Crippen molar-refractivity contribution in [2.75, 3.05) is 45.2 Å². The van der Waals surface area contributed by atoms with Crippen molar-refractivity contribution in [3.05, 3.63) is 29.3 Å². The maximum absolute atomic E-state index is 9.33. The molecule has 0 spiro atoms. The number of anilines is 1. The number of nitriles is 1. The van der Waals surface area contributed by atoms with E-state index in [1.165, 1.54) is 25.9 Å². The molecule has 4 nitrogen and oxygen atoms in total. The van der Waals surface area contributed by atoms with Crippen molar-refractivity contribution < 1.29 is 0 Å². The van der Waals surface area contributed by atoms with Crippen molar-refractivity contribution in [1.29, 1.82) is 5.26 Å². The van der Waals surface area contributed by atoms with Crippen molar-refractivity contribution in [1.82, 2.24) is 10.2 Å². The number of hydrogen-bond acceptors (Lipinski definition) is 4. The molecule has 1 N–H and O–H groups in total. The van der Waals surface area contributed by atoms with E-state index in [4.69, 9.17) is 0 Å². The largest absolute Gasteiger partial charge is 0.372 e. The van der Waals surface area contributed by atoms with Crippen LogP contribution in [0.4, 0.5) is 5.69 Å². The minimum Gasteiger partial charge on any atom is -0.372 e. The lowest BCUT2D eigenvalue weighted by molar-refractivity contribution is 0.346. The summed E-state index contributed by atoms with van der Waals surface area (Å²) in [4.78, 5) is 4.69. The zero-order chi connectivity index (χ0) is 14.4. The third-order valence-corrected chi connectivity index (χ3v) is 3.92. The molecule has 0 radical (unpaired) electrons. The fourth-order valence-electron chi connectivity index (χ4n) is 2.74. The molecule has 1 saturated heterocycles. The fraction of sp³-hybridized carbons (Fsp3) is 0.562. The standard InChI is InChI=1S/C16H24N4/c1-18-13-14-5-6-16(15(11-14)12-17)19(2)9-10-20-7-3-4-8-20/h5-6,11,18H,3-4,7-10,13H2,1-2H3. The van der Waals surface area contributed by atoms with Crippen molar-refractivity contribution in [2.45, 2.75) is 19.4 Å². The first-order chi connectivity index (χ1) is 9.74. The third-order valence-electron chi connectivity index (χ3n) is 3.92. The van der Waals surface area contributed by atoms with E-state index in [0.29, 0.717) is 0 Å². The molecule has 1 aromatic rings. The molecule has 1 aliphatic heterocycles. The van der Waals surface area contributed by atoms with Crippen LogP contribution in [0.25, 0.3) is 0 Å². The minimum atomic E-state index is 0.765. The van der Waals surface area contributed by atoms with Crippen LogP contribution in [0.2, 0.25) is 0 Å². The maximum atomic E-state index is 9.33. The van der Waals surface area contributed by atoms with Crippen LogP contribution in [0.15, 0.2) is 18.2 Å². The Bertz CT molecular complexity index is 472. The van der Waals surface area contributed by atoms with Crippen LogP contribution in [0.3, 0.4) is 0 Å². The number of hydrogen-bond donors (Lipinski definition) is 1. The molecule has 0 atom stereocenters. The quantitative estimate of drug-likeness (QED) is 0.857. The smallest absolute Gasteiger partial charge is 0.101 e. The summed E-state index contributed by atoms with van der Waals surface area (Å²) in [6.45, 7) is 5.30. The lowest BCUT2D eigenvalue weighted by Gasteiger charge is -2.24. The Labute approximate surface area is 122 Å². The van der Waals surface area contributed by atoms with Crippen molar-refractivity contribution in [3.8, 4) is 6.07 Å². The molecular formula is C16H24N4. The Kier molecular flexibility index (Phi) is 5.40. The molecule has 0 unspecified atom stereocenters. The Balaban J connectivity index is 2.00. The van der Waals surface area contributed by atoms with Crippen LogP contribution in [0.5, 0.6) is 0 Å². The molecule has 0 aromatic heterocycles. The van der Waals surface area contributed by atoms with E-state index in [1.807, 2.05) is 13.1 Å². The summed E-state index contributed by atoms with van der Waals surface area (Å²) in [5, 5.41) is 12.4. The maximum Gasteiger partial charge on any atom is 0.101 e. The van der Waals surface area contributed by atoms with Gasteiger partial charge in [-0.25, -0.2) is 0 Å². The van der Waals surface area contributed by atoms with Crippen LogP contribution < -0.4 is 10.2 Å². The van der Waals surface area contributed by atoms with Gasteiger partial charge in [0.15, 0.2) is 0 Å². The lowest BCUT2D eigenvalue weighted by atomic mass is 10.1. The molecule has 0 amide bonds. The van der Waals surface area contributed by atoms with E-state index in [9.17, 15) is 5.26 Å². The predicted octanol–water partition coefficient (Wildman–Crippen LogP) is 1.81. The van der Waals surface area contributed by atoms with Crippen LogP contribution in [-0.4, -0.2) is 45.2 Å². The normalized spacial score (nSPS) is 15.2. The van der Waals surface area contributed by atoms with Gasteiger partial charge in [-0.2, -0.15) is 5.26 Å². The average Bonchev–Trinajstić information content (AvgIpc) is 2.98. The first kappa shape index (κ1) is 14.8. The first-order valence-electron chi connectivity index (χ1n) is 7.35. The highest BCUT2D eigenvalue weighted by molar-refractivity contribution is 5.60. The summed E-state index contributed by atoms with van der Waals surface area (Å²) in [5.74, 6) is 0. The highest BCUT2D eigenvalue weighted by atomic mass is 15.2. The van der Waals surface area contributed by atoms with Crippen LogP contribution in [0.1, 0.15) is 24.0 Å². The summed E-state index contributed by atoms with van der Waals surface area (Å²) >= 11 is 0. The van der Waals surface area contributed by atoms with E-state index in [-0.39, 0.29) is 0 Å². The van der Waals surface area contributed by atoms with E-state index in [0.717, 1.165) is 36.4 Å². The van der Waals surface area contributed by atoms with Crippen LogP contribution in [-0.2, 0) is 6.54 Å². The fourth-order valence-corrected chi connectivity index (χ4v) is 2.74. The third kappa shape index (κ3) is 3.72. The summed E-state index contributed by atoms with van der Waals surface area (Å²) < 4.78 is 0. The van der Waals surface area contributed by atoms with Gasteiger partial charge in [0, 0.05) is 26.7 Å². The van der Waals surface area contributed by atoms with Gasteiger partial charge in [0.25, 0.3) is 0 Å². The van der Waals surface area contributed by atoms with E-state index in [1.54, 1.807) is 0 Å². The zero-order valence-electron chi connectivity index (χ0n) is 12.5. The van der Waals surface area contributed by atoms with Gasteiger partial charge in [-0.05, 0) is 50.7 Å². The molecule has 0 bridgehead atoms. The number of rotatable bonds is 6. The van der Waals surface area contributed by atoms with Gasteiger partial charge in [0.2, 0.25) is 0 Å². The SMILES string of the molecule is CNCc1ccc(N(C)CCN2CCCC2)c(C#N)c1. The summed E-state index contributed by atoms with van der Waals surface area (Å²) in [5.41, 5.74) is 2.95. The monoisotopic (exact) mass is 272 g/mol. The summed E-state index contributed by atoms with van der Waals surface area (Å²) in [6.07, 6.45) is 2.65. The minimum absolute atomic E-state index is 0.765. The molecule has 1 aromatic carbocycles. The lowest BCUT2D eigenvalue weighted by Crippen LogP contribution is -2.31. The Morgan fingerprint density at radius 1 is 1.35 bits per heavy atom. The molecule has 1 aliphatic rings. The topological polar surface area (TPSA) is 42.3 Å². The highest BCUT2D eigenvalue weighted by Gasteiger charge is 2.13. The summed E-state index contributed by atoms with van der Waals surface area (Å²) in [6, 6.07) is 8.47. The van der Waals surface area contributed by atoms with Crippen molar-refractivity contribution >= 4 is 5.69 Å².